The molecule has 1 atom stereocenters. The lowest BCUT2D eigenvalue weighted by atomic mass is 10.00. The molecular formula is C13H23ClN4O. The van der Waals surface area contributed by atoms with Crippen molar-refractivity contribution in [2.24, 2.45) is 13.0 Å². The highest BCUT2D eigenvalue weighted by atomic mass is 35.5. The van der Waals surface area contributed by atoms with E-state index < -0.39 is 0 Å². The molecule has 1 unspecified atom stereocenters. The Morgan fingerprint density at radius 2 is 2.32 bits per heavy atom. The second kappa shape index (κ2) is 7.50. The van der Waals surface area contributed by atoms with Crippen molar-refractivity contribution in [2.45, 2.75) is 32.7 Å². The normalized spacial score (nSPS) is 19.4. The van der Waals surface area contributed by atoms with Crippen LogP contribution >= 0.6 is 12.4 Å². The summed E-state index contributed by atoms with van der Waals surface area (Å²) in [6.07, 6.45) is 3.02. The lowest BCUT2D eigenvalue weighted by molar-refractivity contribution is -0.125. The molecule has 1 aliphatic heterocycles. The average molecular weight is 287 g/mol. The largest absolute Gasteiger partial charge is 0.350 e. The first-order valence-electron chi connectivity index (χ1n) is 6.65. The quantitative estimate of drug-likeness (QED) is 0.877. The second-order valence-corrected chi connectivity index (χ2v) is 5.00. The van der Waals surface area contributed by atoms with Crippen LogP contribution in [-0.2, 0) is 18.4 Å². The first-order chi connectivity index (χ1) is 8.66. The number of amides is 1. The predicted octanol–water partition coefficient (Wildman–Crippen LogP) is 1.16. The zero-order chi connectivity index (χ0) is 13.0. The van der Waals surface area contributed by atoms with Gasteiger partial charge in [-0.25, -0.2) is 0 Å². The second-order valence-electron chi connectivity index (χ2n) is 5.00. The van der Waals surface area contributed by atoms with Gasteiger partial charge in [-0.2, -0.15) is 5.10 Å². The van der Waals surface area contributed by atoms with Gasteiger partial charge in [0.25, 0.3) is 0 Å². The van der Waals surface area contributed by atoms with Crippen LogP contribution in [0.2, 0.25) is 0 Å². The molecule has 0 bridgehead atoms. The van der Waals surface area contributed by atoms with E-state index in [0.717, 1.165) is 43.7 Å². The van der Waals surface area contributed by atoms with Gasteiger partial charge in [0.2, 0.25) is 5.91 Å². The van der Waals surface area contributed by atoms with Gasteiger partial charge in [-0.15, -0.1) is 12.4 Å². The molecule has 108 valence electrons. The summed E-state index contributed by atoms with van der Waals surface area (Å²) in [5, 5.41) is 10.6. The molecule has 0 aromatic carbocycles. The van der Waals surface area contributed by atoms with Crippen LogP contribution in [-0.4, -0.2) is 28.8 Å². The predicted molar refractivity (Wildman–Crippen MR) is 77.3 cm³/mol. The van der Waals surface area contributed by atoms with Gasteiger partial charge in [0.05, 0.1) is 17.9 Å². The standard InChI is InChI=1S/C13H22N4O.ClH/c1-10-8-12(17(2)16-10)9-15-13(18)11-4-3-6-14-7-5-11;/h8,11,14H,3-7,9H2,1-2H3,(H,15,18);1H. The highest BCUT2D eigenvalue weighted by Crippen LogP contribution is 2.13. The van der Waals surface area contributed by atoms with E-state index in [1.54, 1.807) is 0 Å². The molecule has 1 fully saturated rings. The van der Waals surface area contributed by atoms with E-state index >= 15 is 0 Å². The minimum Gasteiger partial charge on any atom is -0.350 e. The molecule has 1 aliphatic rings. The third-order valence-electron chi connectivity index (χ3n) is 3.49. The summed E-state index contributed by atoms with van der Waals surface area (Å²) in [4.78, 5) is 12.1. The lowest BCUT2D eigenvalue weighted by Crippen LogP contribution is -2.31. The molecule has 2 rings (SSSR count). The molecule has 1 amide bonds. The number of nitrogens with one attached hydrogen (secondary N) is 2. The number of halogens is 1. The minimum absolute atomic E-state index is 0. The van der Waals surface area contributed by atoms with E-state index in [9.17, 15) is 4.79 Å². The fourth-order valence-corrected chi connectivity index (χ4v) is 2.43. The number of aryl methyl sites for hydroxylation is 2. The van der Waals surface area contributed by atoms with Gasteiger partial charge in [-0.1, -0.05) is 0 Å². The van der Waals surface area contributed by atoms with Crippen LogP contribution < -0.4 is 10.6 Å². The van der Waals surface area contributed by atoms with Crippen LogP contribution in [0.15, 0.2) is 6.07 Å². The molecule has 0 aliphatic carbocycles. The molecule has 1 aromatic rings. The Bertz CT molecular complexity index is 411. The first kappa shape index (κ1) is 16.0. The van der Waals surface area contributed by atoms with Crippen molar-refractivity contribution >= 4 is 18.3 Å². The van der Waals surface area contributed by atoms with Crippen LogP contribution in [0.4, 0.5) is 0 Å². The molecule has 1 saturated heterocycles. The van der Waals surface area contributed by atoms with Gasteiger partial charge in [0, 0.05) is 13.0 Å². The number of carbonyl (C=O) groups is 1. The fraction of sp³-hybridized carbons (Fsp3) is 0.692. The first-order valence-corrected chi connectivity index (χ1v) is 6.65. The molecule has 2 N–H and O–H groups in total. The molecule has 1 aromatic heterocycles. The van der Waals surface area contributed by atoms with Gasteiger partial charge in [-0.05, 0) is 45.3 Å². The van der Waals surface area contributed by atoms with Crippen molar-refractivity contribution < 1.29 is 4.79 Å². The third kappa shape index (κ3) is 4.51. The van der Waals surface area contributed by atoms with Crippen molar-refractivity contribution in [1.29, 1.82) is 0 Å². The van der Waals surface area contributed by atoms with Gasteiger partial charge in [0.1, 0.15) is 0 Å². The van der Waals surface area contributed by atoms with Crippen LogP contribution in [0.25, 0.3) is 0 Å². The Morgan fingerprint density at radius 3 is 3.00 bits per heavy atom. The van der Waals surface area contributed by atoms with Gasteiger partial charge in [0.15, 0.2) is 0 Å². The van der Waals surface area contributed by atoms with Gasteiger partial charge in [-0.3, -0.25) is 9.48 Å². The van der Waals surface area contributed by atoms with E-state index in [0.29, 0.717) is 6.54 Å². The third-order valence-corrected chi connectivity index (χ3v) is 3.49. The lowest BCUT2D eigenvalue weighted by Gasteiger charge is -2.13. The highest BCUT2D eigenvalue weighted by molar-refractivity contribution is 5.85. The monoisotopic (exact) mass is 286 g/mol. The Balaban J connectivity index is 0.00000180. The zero-order valence-electron chi connectivity index (χ0n) is 11.6. The molecule has 6 heteroatoms. The van der Waals surface area contributed by atoms with Crippen molar-refractivity contribution in [2.75, 3.05) is 13.1 Å². The summed E-state index contributed by atoms with van der Waals surface area (Å²) in [5.74, 6) is 0.340. The molecule has 5 nitrogen and oxygen atoms in total. The highest BCUT2D eigenvalue weighted by Gasteiger charge is 2.19. The maximum Gasteiger partial charge on any atom is 0.223 e. The van der Waals surface area contributed by atoms with E-state index in [1.165, 1.54) is 0 Å². The molecule has 19 heavy (non-hydrogen) atoms. The SMILES string of the molecule is Cc1cc(CNC(=O)C2CCCNCC2)n(C)n1.Cl. The summed E-state index contributed by atoms with van der Waals surface area (Å²) in [6.45, 7) is 4.51. The van der Waals surface area contributed by atoms with Crippen LogP contribution in [0.1, 0.15) is 30.7 Å². The van der Waals surface area contributed by atoms with E-state index in [2.05, 4.69) is 15.7 Å². The van der Waals surface area contributed by atoms with Gasteiger partial charge >= 0.3 is 0 Å². The molecular weight excluding hydrogens is 264 g/mol. The van der Waals surface area contributed by atoms with Crippen LogP contribution in [0.5, 0.6) is 0 Å². The fourth-order valence-electron chi connectivity index (χ4n) is 2.43. The number of aromatic nitrogens is 2. The number of hydrogen-bond donors (Lipinski definition) is 2. The Kier molecular flexibility index (Phi) is 6.31. The Morgan fingerprint density at radius 1 is 1.53 bits per heavy atom. The zero-order valence-corrected chi connectivity index (χ0v) is 12.4. The number of nitrogens with zero attached hydrogens (tertiary/aromatic N) is 2. The molecule has 2 heterocycles. The summed E-state index contributed by atoms with van der Waals surface area (Å²) in [7, 11) is 1.91. The summed E-state index contributed by atoms with van der Waals surface area (Å²) in [6, 6.07) is 2.01. The topological polar surface area (TPSA) is 59.0 Å². The molecule has 0 radical (unpaired) electrons. The molecule has 0 saturated carbocycles. The minimum atomic E-state index is 0. The Hall–Kier alpha value is -1.07. The number of rotatable bonds is 3. The molecule has 0 spiro atoms. The van der Waals surface area contributed by atoms with E-state index in [4.69, 9.17) is 0 Å². The van der Waals surface area contributed by atoms with E-state index in [-0.39, 0.29) is 24.2 Å². The van der Waals surface area contributed by atoms with Crippen molar-refractivity contribution in [3.05, 3.63) is 17.5 Å². The smallest absolute Gasteiger partial charge is 0.223 e. The van der Waals surface area contributed by atoms with Crippen LogP contribution in [0, 0.1) is 12.8 Å². The van der Waals surface area contributed by atoms with Crippen molar-refractivity contribution in [3.63, 3.8) is 0 Å². The maximum atomic E-state index is 12.1. The van der Waals surface area contributed by atoms with E-state index in [1.807, 2.05) is 24.7 Å². The average Bonchev–Trinajstić information content (AvgIpc) is 2.59. The van der Waals surface area contributed by atoms with Crippen molar-refractivity contribution in [3.8, 4) is 0 Å². The summed E-state index contributed by atoms with van der Waals surface area (Å²) >= 11 is 0. The van der Waals surface area contributed by atoms with Crippen LogP contribution in [0.3, 0.4) is 0 Å². The Labute approximate surface area is 120 Å². The summed E-state index contributed by atoms with van der Waals surface area (Å²) in [5.41, 5.74) is 2.04. The number of hydrogen-bond acceptors (Lipinski definition) is 3. The number of carbonyl (C=O) groups excluding carboxylic acids is 1. The maximum absolute atomic E-state index is 12.1. The summed E-state index contributed by atoms with van der Waals surface area (Å²) < 4.78 is 1.82. The van der Waals surface area contributed by atoms with Gasteiger partial charge < -0.3 is 10.6 Å². The van der Waals surface area contributed by atoms with Crippen molar-refractivity contribution in [1.82, 2.24) is 20.4 Å².